The fraction of sp³-hybridized carbons (Fsp3) is 0.333. The molecule has 1 atom stereocenters. The summed E-state index contributed by atoms with van der Waals surface area (Å²) in [4.78, 5) is 0. The lowest BCUT2D eigenvalue weighted by Gasteiger charge is -2.19. The number of fused-ring (bicyclic) bond motifs is 1. The van der Waals surface area contributed by atoms with Crippen LogP contribution in [0.3, 0.4) is 0 Å². The minimum absolute atomic E-state index is 0.00958. The van der Waals surface area contributed by atoms with Gasteiger partial charge in [0.15, 0.2) is 16.2 Å². The van der Waals surface area contributed by atoms with Gasteiger partial charge < -0.3 is 19.2 Å². The van der Waals surface area contributed by atoms with Gasteiger partial charge in [-0.05, 0) is 46.7 Å². The third-order valence-electron chi connectivity index (χ3n) is 3.42. The first-order valence-corrected chi connectivity index (χ1v) is 8.28. The zero-order valence-corrected chi connectivity index (χ0v) is 14.7. The van der Waals surface area contributed by atoms with Gasteiger partial charge >= 0.3 is 0 Å². The van der Waals surface area contributed by atoms with Crippen LogP contribution in [0.1, 0.15) is 23.6 Å². The van der Waals surface area contributed by atoms with Crippen LogP contribution in [-0.4, -0.2) is 20.3 Å². The van der Waals surface area contributed by atoms with Crippen molar-refractivity contribution in [3.8, 4) is 11.5 Å². The third-order valence-corrected chi connectivity index (χ3v) is 4.76. The van der Waals surface area contributed by atoms with E-state index in [1.165, 1.54) is 0 Å². The fourth-order valence-electron chi connectivity index (χ4n) is 2.41. The predicted octanol–water partition coefficient (Wildman–Crippen LogP) is 4.27. The lowest BCUT2D eigenvalue weighted by molar-refractivity contribution is 0.297. The van der Waals surface area contributed by atoms with Crippen LogP contribution >= 0.6 is 31.9 Å². The summed E-state index contributed by atoms with van der Waals surface area (Å²) >= 11 is 7.07. The van der Waals surface area contributed by atoms with Gasteiger partial charge in [0.1, 0.15) is 0 Å². The van der Waals surface area contributed by atoms with E-state index in [0.717, 1.165) is 38.2 Å². The normalized spacial score (nSPS) is 15.6. The number of hydrogen-bond donors (Lipinski definition) is 1. The van der Waals surface area contributed by atoms with E-state index in [0.29, 0.717) is 13.2 Å². The van der Waals surface area contributed by atoms with Crippen LogP contribution in [0.4, 0.5) is 0 Å². The topological polar surface area (TPSA) is 43.6 Å². The molecule has 112 valence electrons. The van der Waals surface area contributed by atoms with Gasteiger partial charge in [-0.2, -0.15) is 0 Å². The molecule has 1 aromatic heterocycles. The highest BCUT2D eigenvalue weighted by atomic mass is 79.9. The number of ether oxygens (including phenoxy) is 2. The summed E-state index contributed by atoms with van der Waals surface area (Å²) in [5.41, 5.74) is 2.11. The summed E-state index contributed by atoms with van der Waals surface area (Å²) in [6.45, 7) is 1.36. The van der Waals surface area contributed by atoms with E-state index in [1.807, 2.05) is 25.2 Å². The van der Waals surface area contributed by atoms with Crippen LogP contribution in [-0.2, 0) is 0 Å². The van der Waals surface area contributed by atoms with Gasteiger partial charge in [0.25, 0.3) is 0 Å². The Kier molecular flexibility index (Phi) is 4.57. The Labute approximate surface area is 140 Å². The van der Waals surface area contributed by atoms with Crippen molar-refractivity contribution in [2.24, 2.45) is 0 Å². The standard InChI is InChI=1S/C15H15Br2NO3/c1-18-14(9-3-6-21-15(9)17)10-7-12-13(8-11(10)16)20-5-2-4-19-12/h3,6-8,14,18H,2,4-5H2,1H3. The lowest BCUT2D eigenvalue weighted by atomic mass is 10.0. The summed E-state index contributed by atoms with van der Waals surface area (Å²) in [6, 6.07) is 5.92. The lowest BCUT2D eigenvalue weighted by Crippen LogP contribution is -2.18. The summed E-state index contributed by atoms with van der Waals surface area (Å²) in [7, 11) is 1.92. The van der Waals surface area contributed by atoms with Crippen molar-refractivity contribution in [2.45, 2.75) is 12.5 Å². The van der Waals surface area contributed by atoms with E-state index in [-0.39, 0.29) is 6.04 Å². The van der Waals surface area contributed by atoms with Gasteiger partial charge in [-0.1, -0.05) is 15.9 Å². The first kappa shape index (κ1) is 14.9. The zero-order chi connectivity index (χ0) is 14.8. The fourth-order valence-corrected chi connectivity index (χ4v) is 3.43. The van der Waals surface area contributed by atoms with Crippen molar-refractivity contribution >= 4 is 31.9 Å². The van der Waals surface area contributed by atoms with Gasteiger partial charge in [0.05, 0.1) is 25.5 Å². The number of hydrogen-bond acceptors (Lipinski definition) is 4. The first-order valence-electron chi connectivity index (χ1n) is 6.70. The van der Waals surface area contributed by atoms with Crippen molar-refractivity contribution in [3.63, 3.8) is 0 Å². The Morgan fingerprint density at radius 1 is 1.10 bits per heavy atom. The minimum atomic E-state index is -0.00958. The molecule has 1 aliphatic rings. The molecule has 3 rings (SSSR count). The molecule has 21 heavy (non-hydrogen) atoms. The maximum atomic E-state index is 5.78. The Morgan fingerprint density at radius 2 is 1.81 bits per heavy atom. The summed E-state index contributed by atoms with van der Waals surface area (Å²) in [5.74, 6) is 1.56. The van der Waals surface area contributed by atoms with Gasteiger partial charge in [0, 0.05) is 16.5 Å². The summed E-state index contributed by atoms with van der Waals surface area (Å²) in [5, 5.41) is 3.31. The molecular weight excluding hydrogens is 402 g/mol. The van der Waals surface area contributed by atoms with Crippen molar-refractivity contribution in [2.75, 3.05) is 20.3 Å². The van der Waals surface area contributed by atoms with E-state index in [4.69, 9.17) is 13.9 Å². The molecule has 0 bridgehead atoms. The smallest absolute Gasteiger partial charge is 0.174 e. The third kappa shape index (κ3) is 2.98. The van der Waals surface area contributed by atoms with E-state index >= 15 is 0 Å². The molecular formula is C15H15Br2NO3. The average Bonchev–Trinajstić information content (AvgIpc) is 2.76. The SMILES string of the molecule is CNC(c1cc2c(cc1Br)OCCCO2)c1ccoc1Br. The Hall–Kier alpha value is -0.980. The maximum Gasteiger partial charge on any atom is 0.174 e. The quantitative estimate of drug-likeness (QED) is 0.811. The Balaban J connectivity index is 2.04. The zero-order valence-electron chi connectivity index (χ0n) is 11.5. The predicted molar refractivity (Wildman–Crippen MR) is 87.1 cm³/mol. The highest BCUT2D eigenvalue weighted by Gasteiger charge is 2.22. The second kappa shape index (κ2) is 6.42. The molecule has 1 N–H and O–H groups in total. The molecule has 0 spiro atoms. The van der Waals surface area contributed by atoms with Crippen molar-refractivity contribution < 1.29 is 13.9 Å². The molecule has 2 heterocycles. The molecule has 1 unspecified atom stereocenters. The first-order chi connectivity index (χ1) is 10.2. The monoisotopic (exact) mass is 415 g/mol. The van der Waals surface area contributed by atoms with E-state index in [2.05, 4.69) is 37.2 Å². The van der Waals surface area contributed by atoms with Crippen molar-refractivity contribution in [1.82, 2.24) is 5.32 Å². The van der Waals surface area contributed by atoms with Gasteiger partial charge in [-0.3, -0.25) is 0 Å². The van der Waals surface area contributed by atoms with Crippen LogP contribution in [0.15, 0.2) is 38.0 Å². The highest BCUT2D eigenvalue weighted by molar-refractivity contribution is 9.10. The van der Waals surface area contributed by atoms with E-state index < -0.39 is 0 Å². The van der Waals surface area contributed by atoms with Crippen LogP contribution in [0.5, 0.6) is 11.5 Å². The van der Waals surface area contributed by atoms with Gasteiger partial charge in [-0.15, -0.1) is 0 Å². The largest absolute Gasteiger partial charge is 0.490 e. The molecule has 0 saturated heterocycles. The number of rotatable bonds is 3. The van der Waals surface area contributed by atoms with Crippen LogP contribution in [0, 0.1) is 0 Å². The second-order valence-electron chi connectivity index (χ2n) is 4.74. The minimum Gasteiger partial charge on any atom is -0.490 e. The Bertz CT molecular complexity index is 642. The molecule has 0 radical (unpaired) electrons. The van der Waals surface area contributed by atoms with Gasteiger partial charge in [-0.25, -0.2) is 0 Å². The maximum absolute atomic E-state index is 5.78. The van der Waals surface area contributed by atoms with Crippen LogP contribution in [0.25, 0.3) is 0 Å². The Morgan fingerprint density at radius 3 is 2.43 bits per heavy atom. The molecule has 1 aliphatic heterocycles. The molecule has 0 amide bonds. The molecule has 0 fully saturated rings. The number of benzene rings is 1. The number of furan rings is 1. The second-order valence-corrected chi connectivity index (χ2v) is 6.32. The van der Waals surface area contributed by atoms with E-state index in [1.54, 1.807) is 6.26 Å². The summed E-state index contributed by atoms with van der Waals surface area (Å²) in [6.07, 6.45) is 2.56. The number of halogens is 2. The molecule has 1 aromatic carbocycles. The number of nitrogens with one attached hydrogen (secondary N) is 1. The van der Waals surface area contributed by atoms with Crippen LogP contribution in [0.2, 0.25) is 0 Å². The molecule has 6 heteroatoms. The van der Waals surface area contributed by atoms with Gasteiger partial charge in [0.2, 0.25) is 0 Å². The summed E-state index contributed by atoms with van der Waals surface area (Å²) < 4.78 is 18.5. The van der Waals surface area contributed by atoms with Crippen molar-refractivity contribution in [3.05, 3.63) is 44.7 Å². The van der Waals surface area contributed by atoms with E-state index in [9.17, 15) is 0 Å². The highest BCUT2D eigenvalue weighted by Crippen LogP contribution is 2.40. The molecule has 2 aromatic rings. The van der Waals surface area contributed by atoms with Crippen LogP contribution < -0.4 is 14.8 Å². The average molecular weight is 417 g/mol. The molecule has 4 nitrogen and oxygen atoms in total. The molecule has 0 aliphatic carbocycles. The van der Waals surface area contributed by atoms with Crippen molar-refractivity contribution in [1.29, 1.82) is 0 Å². The molecule has 0 saturated carbocycles.